The molecule has 6 heteroatoms. The SMILES string of the molecule is CO[C@H]1CCCC[C@@H](c2ccccc2)OC(=O)[C@@H](C)[C@H]2O[C@@H]([C@@H](C)/C=C/[C@H]1OC)[C@@H](C)C[C@@H]2O. The number of carbonyl (C=O) groups is 1. The van der Waals surface area contributed by atoms with Crippen LogP contribution < -0.4 is 0 Å². The van der Waals surface area contributed by atoms with E-state index in [1.54, 1.807) is 21.1 Å². The Balaban J connectivity index is 1.89. The minimum absolute atomic E-state index is 0.0571. The molecule has 3 rings (SSSR count). The minimum atomic E-state index is -0.705. The summed E-state index contributed by atoms with van der Waals surface area (Å²) in [7, 11) is 3.43. The van der Waals surface area contributed by atoms with E-state index in [9.17, 15) is 9.90 Å². The van der Waals surface area contributed by atoms with Crippen LogP contribution in [0.4, 0.5) is 0 Å². The van der Waals surface area contributed by atoms with Crippen molar-refractivity contribution in [3.8, 4) is 0 Å². The largest absolute Gasteiger partial charge is 0.457 e. The molecule has 6 nitrogen and oxygen atoms in total. The van der Waals surface area contributed by atoms with Crippen LogP contribution in [0.5, 0.6) is 0 Å². The van der Waals surface area contributed by atoms with E-state index in [1.807, 2.05) is 30.3 Å². The summed E-state index contributed by atoms with van der Waals surface area (Å²) in [4.78, 5) is 13.2. The Hall–Kier alpha value is -1.73. The Morgan fingerprint density at radius 3 is 2.32 bits per heavy atom. The van der Waals surface area contributed by atoms with E-state index < -0.39 is 18.1 Å². The van der Waals surface area contributed by atoms with Gasteiger partial charge in [0.05, 0.1) is 30.3 Å². The lowest BCUT2D eigenvalue weighted by molar-refractivity contribution is -0.189. The highest BCUT2D eigenvalue weighted by atomic mass is 16.6. The van der Waals surface area contributed by atoms with Gasteiger partial charge in [-0.3, -0.25) is 4.79 Å². The van der Waals surface area contributed by atoms with Gasteiger partial charge in [0.1, 0.15) is 12.2 Å². The Labute approximate surface area is 204 Å². The Morgan fingerprint density at radius 1 is 0.941 bits per heavy atom. The first kappa shape index (κ1) is 26.9. The molecule has 2 aliphatic rings. The number of benzene rings is 1. The molecule has 0 spiro atoms. The van der Waals surface area contributed by atoms with Crippen molar-refractivity contribution in [2.24, 2.45) is 17.8 Å². The van der Waals surface area contributed by atoms with Gasteiger partial charge in [0.15, 0.2) is 0 Å². The second-order valence-electron chi connectivity index (χ2n) is 9.97. The van der Waals surface area contributed by atoms with E-state index in [2.05, 4.69) is 26.0 Å². The highest BCUT2D eigenvalue weighted by Gasteiger charge is 2.42. The van der Waals surface area contributed by atoms with Crippen LogP contribution in [0.15, 0.2) is 42.5 Å². The number of hydrogen-bond donors (Lipinski definition) is 1. The Bertz CT molecular complexity index is 780. The van der Waals surface area contributed by atoms with Crippen LogP contribution in [-0.2, 0) is 23.7 Å². The highest BCUT2D eigenvalue weighted by Crippen LogP contribution is 2.35. The van der Waals surface area contributed by atoms with E-state index in [4.69, 9.17) is 18.9 Å². The van der Waals surface area contributed by atoms with Crippen LogP contribution >= 0.6 is 0 Å². The van der Waals surface area contributed by atoms with Gasteiger partial charge >= 0.3 is 5.97 Å². The molecule has 1 aromatic rings. The molecule has 2 bridgehead atoms. The predicted octanol–water partition coefficient (Wildman–Crippen LogP) is 4.86. The first-order chi connectivity index (χ1) is 16.3. The quantitative estimate of drug-likeness (QED) is 0.498. The van der Waals surface area contributed by atoms with Crippen molar-refractivity contribution in [1.29, 1.82) is 0 Å². The van der Waals surface area contributed by atoms with Gasteiger partial charge in [0, 0.05) is 20.1 Å². The maximum absolute atomic E-state index is 13.2. The van der Waals surface area contributed by atoms with Crippen molar-refractivity contribution < 1.29 is 28.8 Å². The van der Waals surface area contributed by atoms with Crippen molar-refractivity contribution in [2.75, 3.05) is 14.2 Å². The van der Waals surface area contributed by atoms with Crippen LogP contribution in [0.25, 0.3) is 0 Å². The monoisotopic (exact) mass is 474 g/mol. The zero-order valence-electron chi connectivity index (χ0n) is 21.3. The highest BCUT2D eigenvalue weighted by molar-refractivity contribution is 5.73. The molecule has 1 fully saturated rings. The van der Waals surface area contributed by atoms with E-state index >= 15 is 0 Å². The van der Waals surface area contributed by atoms with Gasteiger partial charge in [-0.1, -0.05) is 62.8 Å². The first-order valence-electron chi connectivity index (χ1n) is 12.7. The molecule has 0 unspecified atom stereocenters. The summed E-state index contributed by atoms with van der Waals surface area (Å²) in [6.07, 6.45) is 6.21. The molecule has 2 aliphatic heterocycles. The number of aliphatic hydroxyl groups is 1. The maximum atomic E-state index is 13.2. The predicted molar refractivity (Wildman–Crippen MR) is 131 cm³/mol. The molecule has 0 radical (unpaired) electrons. The number of fused-ring (bicyclic) bond motifs is 2. The molecule has 34 heavy (non-hydrogen) atoms. The van der Waals surface area contributed by atoms with E-state index in [0.29, 0.717) is 6.42 Å². The number of hydrogen-bond acceptors (Lipinski definition) is 6. The fraction of sp³-hybridized carbons (Fsp3) is 0.679. The molecule has 1 aromatic carbocycles. The lowest BCUT2D eigenvalue weighted by Crippen LogP contribution is -2.50. The van der Waals surface area contributed by atoms with Gasteiger partial charge in [-0.25, -0.2) is 0 Å². The number of esters is 1. The smallest absolute Gasteiger partial charge is 0.312 e. The molecule has 0 amide bonds. The van der Waals surface area contributed by atoms with Crippen LogP contribution in [0.2, 0.25) is 0 Å². The van der Waals surface area contributed by atoms with Crippen LogP contribution in [0.1, 0.15) is 64.5 Å². The third-order valence-electron chi connectivity index (χ3n) is 7.43. The van der Waals surface area contributed by atoms with Crippen LogP contribution in [0, 0.1) is 17.8 Å². The molecule has 0 saturated carbocycles. The number of methoxy groups -OCH3 is 2. The fourth-order valence-electron chi connectivity index (χ4n) is 5.33. The summed E-state index contributed by atoms with van der Waals surface area (Å²) in [6.45, 7) is 6.00. The lowest BCUT2D eigenvalue weighted by atomic mass is 9.82. The van der Waals surface area contributed by atoms with Gasteiger partial charge in [-0.2, -0.15) is 0 Å². The lowest BCUT2D eigenvalue weighted by Gasteiger charge is -2.42. The molecule has 1 saturated heterocycles. The number of rotatable bonds is 3. The minimum Gasteiger partial charge on any atom is -0.457 e. The Morgan fingerprint density at radius 2 is 1.65 bits per heavy atom. The van der Waals surface area contributed by atoms with Crippen molar-refractivity contribution in [1.82, 2.24) is 0 Å². The molecule has 1 N–H and O–H groups in total. The summed E-state index contributed by atoms with van der Waals surface area (Å²) in [6, 6.07) is 9.87. The van der Waals surface area contributed by atoms with Gasteiger partial charge in [0.2, 0.25) is 0 Å². The fourth-order valence-corrected chi connectivity index (χ4v) is 5.33. The van der Waals surface area contributed by atoms with Gasteiger partial charge in [0.25, 0.3) is 0 Å². The topological polar surface area (TPSA) is 74.2 Å². The summed E-state index contributed by atoms with van der Waals surface area (Å²) in [5.41, 5.74) is 0.982. The van der Waals surface area contributed by atoms with Crippen LogP contribution in [-0.4, -0.2) is 55.8 Å². The van der Waals surface area contributed by atoms with Gasteiger partial charge < -0.3 is 24.1 Å². The number of ether oxygens (including phenoxy) is 4. The van der Waals surface area contributed by atoms with Crippen LogP contribution in [0.3, 0.4) is 0 Å². The molecule has 190 valence electrons. The summed E-state index contributed by atoms with van der Waals surface area (Å²) >= 11 is 0. The van der Waals surface area contributed by atoms with Crippen molar-refractivity contribution >= 4 is 5.97 Å². The number of aliphatic hydroxyl groups excluding tert-OH is 1. The zero-order chi connectivity index (χ0) is 24.7. The normalized spacial score (nSPS) is 39.2. The van der Waals surface area contributed by atoms with E-state index in [0.717, 1.165) is 31.2 Å². The third-order valence-corrected chi connectivity index (χ3v) is 7.43. The zero-order valence-corrected chi connectivity index (χ0v) is 21.3. The van der Waals surface area contributed by atoms with E-state index in [-0.39, 0.29) is 42.2 Å². The summed E-state index contributed by atoms with van der Waals surface area (Å²) in [5.74, 6) is -0.641. The number of carbonyl (C=O) groups excluding carboxylic acids is 1. The van der Waals surface area contributed by atoms with Crippen molar-refractivity contribution in [3.05, 3.63) is 48.0 Å². The standard InChI is InChI=1S/C28H42O6/c1-18-15-16-25(32-5)24(31-4)14-10-9-13-23(21-11-7-6-8-12-21)33-28(30)20(3)27-22(29)17-19(2)26(18)34-27/h6-8,11-12,15-16,18-20,22-27,29H,9-10,13-14,17H2,1-5H3/b16-15+/t18-,19-,20-,22-,23-,24-,25+,26-,27+/m0/s1. The second kappa shape index (κ2) is 12.8. The van der Waals surface area contributed by atoms with E-state index in [1.165, 1.54) is 0 Å². The van der Waals surface area contributed by atoms with Crippen molar-refractivity contribution in [3.63, 3.8) is 0 Å². The maximum Gasteiger partial charge on any atom is 0.312 e. The molecule has 0 aliphatic carbocycles. The van der Waals surface area contributed by atoms with Crippen molar-refractivity contribution in [2.45, 2.75) is 89.5 Å². The Kier molecular flexibility index (Phi) is 10.1. The molecule has 9 atom stereocenters. The average Bonchev–Trinajstić information content (AvgIpc) is 2.84. The van der Waals surface area contributed by atoms with Gasteiger partial charge in [-0.05, 0) is 44.1 Å². The molecular weight excluding hydrogens is 432 g/mol. The third kappa shape index (κ3) is 6.69. The number of cyclic esters (lactones) is 1. The molecular formula is C28H42O6. The molecule has 0 aromatic heterocycles. The summed E-state index contributed by atoms with van der Waals surface area (Å²) < 4.78 is 24.0. The molecule has 2 heterocycles. The summed E-state index contributed by atoms with van der Waals surface area (Å²) in [5, 5.41) is 10.8. The second-order valence-corrected chi connectivity index (χ2v) is 9.97. The van der Waals surface area contributed by atoms with Gasteiger partial charge in [-0.15, -0.1) is 0 Å². The average molecular weight is 475 g/mol. The first-order valence-corrected chi connectivity index (χ1v) is 12.7.